The van der Waals surface area contributed by atoms with Gasteiger partial charge in [-0.3, -0.25) is 4.90 Å². The average molecular weight is 153 g/mol. The molecule has 3 fully saturated rings. The lowest BCUT2D eigenvalue weighted by Gasteiger charge is -2.32. The number of rotatable bonds is 1. The van der Waals surface area contributed by atoms with E-state index in [1.54, 1.807) is 0 Å². The number of aliphatic hydroxyl groups is 1. The van der Waals surface area contributed by atoms with Crippen molar-refractivity contribution in [2.75, 3.05) is 19.7 Å². The summed E-state index contributed by atoms with van der Waals surface area (Å²) in [6, 6.07) is 0. The van der Waals surface area contributed by atoms with Gasteiger partial charge in [0.1, 0.15) is 0 Å². The molecule has 0 aromatic rings. The van der Waals surface area contributed by atoms with Crippen molar-refractivity contribution < 1.29 is 5.11 Å². The van der Waals surface area contributed by atoms with Gasteiger partial charge in [0.2, 0.25) is 0 Å². The van der Waals surface area contributed by atoms with Gasteiger partial charge in [-0.2, -0.15) is 0 Å². The Balaban J connectivity index is 1.95. The van der Waals surface area contributed by atoms with Gasteiger partial charge in [0, 0.05) is 12.1 Å². The van der Waals surface area contributed by atoms with Crippen LogP contribution in [0.25, 0.3) is 0 Å². The third-order valence-electron chi connectivity index (χ3n) is 4.01. The molecule has 2 heterocycles. The highest BCUT2D eigenvalue weighted by Crippen LogP contribution is 2.59. The zero-order valence-corrected chi connectivity index (χ0v) is 6.79. The second-order valence-electron chi connectivity index (χ2n) is 4.41. The fourth-order valence-corrected chi connectivity index (χ4v) is 3.34. The largest absolute Gasteiger partial charge is 0.394 e. The van der Waals surface area contributed by atoms with E-state index < -0.39 is 0 Å². The summed E-state index contributed by atoms with van der Waals surface area (Å²) in [5.41, 5.74) is 0.269. The molecule has 2 aliphatic heterocycles. The van der Waals surface area contributed by atoms with Crippen molar-refractivity contribution in [3.8, 4) is 0 Å². The predicted octanol–water partition coefficient (Wildman–Crippen LogP) is 0.463. The molecule has 11 heavy (non-hydrogen) atoms. The molecule has 3 atom stereocenters. The van der Waals surface area contributed by atoms with Gasteiger partial charge < -0.3 is 5.11 Å². The molecule has 2 nitrogen and oxygen atoms in total. The molecule has 0 spiro atoms. The number of aliphatic hydroxyl groups excluding tert-OH is 1. The Morgan fingerprint density at radius 1 is 1.55 bits per heavy atom. The monoisotopic (exact) mass is 153 g/mol. The number of fused-ring (bicyclic) bond motifs is 3. The molecule has 3 aliphatic rings. The molecule has 1 unspecified atom stereocenters. The van der Waals surface area contributed by atoms with Crippen LogP contribution in [0.4, 0.5) is 0 Å². The number of hydrogen-bond donors (Lipinski definition) is 1. The van der Waals surface area contributed by atoms with E-state index >= 15 is 0 Å². The van der Waals surface area contributed by atoms with Crippen molar-refractivity contribution in [2.45, 2.75) is 24.8 Å². The minimum absolute atomic E-state index is 0.269. The van der Waals surface area contributed by atoms with E-state index in [1.807, 2.05) is 0 Å². The quantitative estimate of drug-likeness (QED) is 0.591. The van der Waals surface area contributed by atoms with Crippen LogP contribution in [-0.4, -0.2) is 35.2 Å². The zero-order valence-electron chi connectivity index (χ0n) is 6.79. The second kappa shape index (κ2) is 1.80. The molecule has 0 aromatic heterocycles. The van der Waals surface area contributed by atoms with Gasteiger partial charge in [-0.05, 0) is 37.6 Å². The van der Waals surface area contributed by atoms with E-state index in [2.05, 4.69) is 4.90 Å². The SMILES string of the molecule is OCC12CCCN1C[C@@H]1C[C@@H]12. The summed E-state index contributed by atoms with van der Waals surface area (Å²) in [5.74, 6) is 1.83. The van der Waals surface area contributed by atoms with E-state index in [4.69, 9.17) is 0 Å². The molecule has 1 N–H and O–H groups in total. The Labute approximate surface area is 67.2 Å². The summed E-state index contributed by atoms with van der Waals surface area (Å²) in [6.07, 6.45) is 3.96. The van der Waals surface area contributed by atoms with Crippen molar-refractivity contribution in [1.82, 2.24) is 4.90 Å². The fraction of sp³-hybridized carbons (Fsp3) is 1.00. The van der Waals surface area contributed by atoms with Crippen molar-refractivity contribution in [1.29, 1.82) is 0 Å². The summed E-state index contributed by atoms with van der Waals surface area (Å²) in [6.45, 7) is 2.94. The summed E-state index contributed by atoms with van der Waals surface area (Å²) in [5, 5.41) is 9.38. The molecule has 2 saturated heterocycles. The Morgan fingerprint density at radius 3 is 3.18 bits per heavy atom. The van der Waals surface area contributed by atoms with Crippen LogP contribution in [0, 0.1) is 11.8 Å². The van der Waals surface area contributed by atoms with E-state index in [1.165, 1.54) is 32.4 Å². The minimum Gasteiger partial charge on any atom is -0.394 e. The molecule has 2 heteroatoms. The average Bonchev–Trinajstić information content (AvgIpc) is 2.59. The van der Waals surface area contributed by atoms with Gasteiger partial charge in [-0.1, -0.05) is 0 Å². The first-order valence-electron chi connectivity index (χ1n) is 4.73. The van der Waals surface area contributed by atoms with Crippen LogP contribution in [0.5, 0.6) is 0 Å². The molecule has 3 rings (SSSR count). The summed E-state index contributed by atoms with van der Waals surface area (Å²) in [4.78, 5) is 2.53. The Hall–Kier alpha value is -0.0800. The van der Waals surface area contributed by atoms with E-state index in [0.717, 1.165) is 11.8 Å². The van der Waals surface area contributed by atoms with Crippen LogP contribution < -0.4 is 0 Å². The van der Waals surface area contributed by atoms with Gasteiger partial charge in [0.05, 0.1) is 6.61 Å². The number of hydrogen-bond acceptors (Lipinski definition) is 2. The van der Waals surface area contributed by atoms with Crippen molar-refractivity contribution in [3.05, 3.63) is 0 Å². The lowest BCUT2D eigenvalue weighted by molar-refractivity contribution is 0.0755. The van der Waals surface area contributed by atoms with Crippen LogP contribution >= 0.6 is 0 Å². The lowest BCUT2D eigenvalue weighted by atomic mass is 9.93. The van der Waals surface area contributed by atoms with Gasteiger partial charge in [-0.25, -0.2) is 0 Å². The molecular weight excluding hydrogens is 138 g/mol. The third kappa shape index (κ3) is 0.611. The topological polar surface area (TPSA) is 23.5 Å². The normalized spacial score (nSPS) is 54.3. The van der Waals surface area contributed by atoms with E-state index in [-0.39, 0.29) is 5.54 Å². The highest BCUT2D eigenvalue weighted by molar-refractivity contribution is 5.16. The molecule has 62 valence electrons. The summed E-state index contributed by atoms with van der Waals surface area (Å²) in [7, 11) is 0. The maximum absolute atomic E-state index is 9.38. The number of nitrogens with zero attached hydrogens (tertiary/aromatic N) is 1. The smallest absolute Gasteiger partial charge is 0.0618 e. The van der Waals surface area contributed by atoms with Crippen LogP contribution in [0.1, 0.15) is 19.3 Å². The third-order valence-corrected chi connectivity index (χ3v) is 4.01. The highest BCUT2D eigenvalue weighted by atomic mass is 16.3. The van der Waals surface area contributed by atoms with Crippen LogP contribution in [0.15, 0.2) is 0 Å². The van der Waals surface area contributed by atoms with Crippen molar-refractivity contribution >= 4 is 0 Å². The first-order chi connectivity index (χ1) is 5.37. The Bertz CT molecular complexity index is 194. The van der Waals surface area contributed by atoms with Gasteiger partial charge in [-0.15, -0.1) is 0 Å². The molecule has 0 amide bonds. The van der Waals surface area contributed by atoms with Gasteiger partial charge >= 0.3 is 0 Å². The first kappa shape index (κ1) is 6.44. The van der Waals surface area contributed by atoms with Crippen molar-refractivity contribution in [2.24, 2.45) is 11.8 Å². The van der Waals surface area contributed by atoms with E-state index in [9.17, 15) is 5.11 Å². The van der Waals surface area contributed by atoms with E-state index in [0.29, 0.717) is 6.61 Å². The Kier molecular flexibility index (Phi) is 1.06. The first-order valence-corrected chi connectivity index (χ1v) is 4.73. The maximum atomic E-state index is 9.38. The predicted molar refractivity (Wildman–Crippen MR) is 42.2 cm³/mol. The standard InChI is InChI=1S/C9H15NO/c11-6-9-2-1-3-10(9)5-7-4-8(7)9/h7-8,11H,1-6H2/t7-,8-,9?/m0/s1. The highest BCUT2D eigenvalue weighted by Gasteiger charge is 2.62. The minimum atomic E-state index is 0.269. The van der Waals surface area contributed by atoms with Crippen LogP contribution in [0.3, 0.4) is 0 Å². The zero-order chi connectivity index (χ0) is 7.47. The van der Waals surface area contributed by atoms with Crippen molar-refractivity contribution in [3.63, 3.8) is 0 Å². The summed E-state index contributed by atoms with van der Waals surface area (Å²) >= 11 is 0. The van der Waals surface area contributed by atoms with Crippen LogP contribution in [0.2, 0.25) is 0 Å². The molecule has 1 saturated carbocycles. The molecule has 0 radical (unpaired) electrons. The second-order valence-corrected chi connectivity index (χ2v) is 4.41. The molecule has 0 bridgehead atoms. The number of piperidine rings is 1. The fourth-order valence-electron chi connectivity index (χ4n) is 3.34. The molecular formula is C9H15NO. The molecule has 0 aromatic carbocycles. The summed E-state index contributed by atoms with van der Waals surface area (Å²) < 4.78 is 0. The van der Waals surface area contributed by atoms with Gasteiger partial charge in [0.25, 0.3) is 0 Å². The maximum Gasteiger partial charge on any atom is 0.0618 e. The Morgan fingerprint density at radius 2 is 2.45 bits per heavy atom. The van der Waals surface area contributed by atoms with Crippen LogP contribution in [-0.2, 0) is 0 Å². The lowest BCUT2D eigenvalue weighted by Crippen LogP contribution is -2.45. The molecule has 1 aliphatic carbocycles. The van der Waals surface area contributed by atoms with Gasteiger partial charge in [0.15, 0.2) is 0 Å².